The molecule has 2 unspecified atom stereocenters. The Hall–Kier alpha value is -0.820. The third kappa shape index (κ3) is 3.67. The molecular formula is C14H23N. The summed E-state index contributed by atoms with van der Waals surface area (Å²) in [6, 6.07) is 9.86. The van der Waals surface area contributed by atoms with Crippen LogP contribution in [0.2, 0.25) is 0 Å². The maximum absolute atomic E-state index is 3.56. The molecule has 1 heteroatoms. The van der Waals surface area contributed by atoms with Gasteiger partial charge in [-0.1, -0.05) is 50.6 Å². The van der Waals surface area contributed by atoms with Crippen LogP contribution in [-0.2, 0) is 0 Å². The lowest BCUT2D eigenvalue weighted by Gasteiger charge is -2.24. The van der Waals surface area contributed by atoms with Gasteiger partial charge >= 0.3 is 0 Å². The molecule has 0 aliphatic rings. The van der Waals surface area contributed by atoms with Gasteiger partial charge in [-0.05, 0) is 25.3 Å². The van der Waals surface area contributed by atoms with Crippen LogP contribution in [0, 0.1) is 6.92 Å². The van der Waals surface area contributed by atoms with Crippen LogP contribution in [0.15, 0.2) is 24.3 Å². The molecule has 84 valence electrons. The van der Waals surface area contributed by atoms with Crippen LogP contribution in [0.3, 0.4) is 0 Å². The summed E-state index contributed by atoms with van der Waals surface area (Å²) in [6.45, 7) is 11.1. The average molecular weight is 205 g/mol. The van der Waals surface area contributed by atoms with E-state index >= 15 is 0 Å². The van der Waals surface area contributed by atoms with Gasteiger partial charge in [0.05, 0.1) is 0 Å². The first-order valence-electron chi connectivity index (χ1n) is 5.83. The second-order valence-corrected chi connectivity index (χ2v) is 4.81. The zero-order valence-electron chi connectivity index (χ0n) is 10.5. The molecule has 1 aromatic carbocycles. The van der Waals surface area contributed by atoms with Gasteiger partial charge in [0.25, 0.3) is 0 Å². The SMILES string of the molecule is Cc1cccc(C(C)C(C)NC(C)C)c1. The smallest absolute Gasteiger partial charge is 0.0107 e. The first-order chi connectivity index (χ1) is 7.00. The second kappa shape index (κ2) is 5.32. The monoisotopic (exact) mass is 205 g/mol. The highest BCUT2D eigenvalue weighted by Crippen LogP contribution is 2.20. The van der Waals surface area contributed by atoms with E-state index < -0.39 is 0 Å². The van der Waals surface area contributed by atoms with Crippen LogP contribution in [-0.4, -0.2) is 12.1 Å². The van der Waals surface area contributed by atoms with Crippen molar-refractivity contribution < 1.29 is 0 Å². The van der Waals surface area contributed by atoms with Crippen molar-refractivity contribution in [2.24, 2.45) is 0 Å². The Labute approximate surface area is 93.9 Å². The van der Waals surface area contributed by atoms with E-state index in [9.17, 15) is 0 Å². The van der Waals surface area contributed by atoms with Gasteiger partial charge in [0.1, 0.15) is 0 Å². The van der Waals surface area contributed by atoms with Crippen molar-refractivity contribution in [3.63, 3.8) is 0 Å². The van der Waals surface area contributed by atoms with Crippen molar-refractivity contribution in [2.45, 2.75) is 52.6 Å². The lowest BCUT2D eigenvalue weighted by molar-refractivity contribution is 0.439. The molecule has 0 radical (unpaired) electrons. The third-order valence-electron chi connectivity index (χ3n) is 2.91. The molecule has 0 bridgehead atoms. The van der Waals surface area contributed by atoms with Gasteiger partial charge in [-0.3, -0.25) is 0 Å². The van der Waals surface area contributed by atoms with Crippen LogP contribution in [0.5, 0.6) is 0 Å². The van der Waals surface area contributed by atoms with Gasteiger partial charge in [0.2, 0.25) is 0 Å². The molecule has 1 aromatic rings. The highest BCUT2D eigenvalue weighted by Gasteiger charge is 2.14. The Morgan fingerprint density at radius 3 is 2.27 bits per heavy atom. The van der Waals surface area contributed by atoms with E-state index in [4.69, 9.17) is 0 Å². The van der Waals surface area contributed by atoms with E-state index in [-0.39, 0.29) is 0 Å². The first kappa shape index (κ1) is 12.3. The number of benzene rings is 1. The molecule has 1 nitrogen and oxygen atoms in total. The molecular weight excluding hydrogens is 182 g/mol. The normalized spacial score (nSPS) is 15.3. The quantitative estimate of drug-likeness (QED) is 0.793. The maximum Gasteiger partial charge on any atom is 0.0107 e. The largest absolute Gasteiger partial charge is 0.311 e. The van der Waals surface area contributed by atoms with Crippen molar-refractivity contribution in [3.8, 4) is 0 Å². The number of aryl methyl sites for hydroxylation is 1. The Kier molecular flexibility index (Phi) is 4.34. The lowest BCUT2D eigenvalue weighted by atomic mass is 9.93. The van der Waals surface area contributed by atoms with Crippen molar-refractivity contribution in [3.05, 3.63) is 35.4 Å². The van der Waals surface area contributed by atoms with E-state index in [1.165, 1.54) is 11.1 Å². The van der Waals surface area contributed by atoms with Crippen molar-refractivity contribution in [1.82, 2.24) is 5.32 Å². The molecule has 0 saturated carbocycles. The fourth-order valence-corrected chi connectivity index (χ4v) is 1.91. The fourth-order valence-electron chi connectivity index (χ4n) is 1.91. The second-order valence-electron chi connectivity index (χ2n) is 4.81. The zero-order chi connectivity index (χ0) is 11.4. The molecule has 0 aliphatic heterocycles. The van der Waals surface area contributed by atoms with Crippen LogP contribution in [0.1, 0.15) is 44.7 Å². The highest BCUT2D eigenvalue weighted by molar-refractivity contribution is 5.26. The minimum atomic E-state index is 0.520. The summed E-state index contributed by atoms with van der Waals surface area (Å²) < 4.78 is 0. The molecule has 0 aliphatic carbocycles. The molecule has 0 saturated heterocycles. The molecule has 0 amide bonds. The number of hydrogen-bond acceptors (Lipinski definition) is 1. The number of rotatable bonds is 4. The Morgan fingerprint density at radius 2 is 1.73 bits per heavy atom. The fraction of sp³-hybridized carbons (Fsp3) is 0.571. The van der Waals surface area contributed by atoms with E-state index in [0.29, 0.717) is 18.0 Å². The summed E-state index contributed by atoms with van der Waals surface area (Å²) in [7, 11) is 0. The van der Waals surface area contributed by atoms with Crippen molar-refractivity contribution in [1.29, 1.82) is 0 Å². The third-order valence-corrected chi connectivity index (χ3v) is 2.91. The van der Waals surface area contributed by atoms with Gasteiger partial charge < -0.3 is 5.32 Å². The van der Waals surface area contributed by atoms with Gasteiger partial charge in [-0.25, -0.2) is 0 Å². The minimum Gasteiger partial charge on any atom is -0.311 e. The molecule has 0 aromatic heterocycles. The van der Waals surface area contributed by atoms with E-state index in [2.05, 4.69) is 64.2 Å². The van der Waals surface area contributed by atoms with Gasteiger partial charge in [0, 0.05) is 12.1 Å². The van der Waals surface area contributed by atoms with E-state index in [1.807, 2.05) is 0 Å². The Morgan fingerprint density at radius 1 is 1.07 bits per heavy atom. The zero-order valence-corrected chi connectivity index (χ0v) is 10.5. The molecule has 0 fully saturated rings. The van der Waals surface area contributed by atoms with Crippen molar-refractivity contribution in [2.75, 3.05) is 0 Å². The van der Waals surface area contributed by atoms with Gasteiger partial charge in [0.15, 0.2) is 0 Å². The average Bonchev–Trinajstić information content (AvgIpc) is 2.15. The Balaban J connectivity index is 2.71. The van der Waals surface area contributed by atoms with Crippen LogP contribution < -0.4 is 5.32 Å². The van der Waals surface area contributed by atoms with Crippen LogP contribution in [0.4, 0.5) is 0 Å². The van der Waals surface area contributed by atoms with Gasteiger partial charge in [-0.2, -0.15) is 0 Å². The summed E-state index contributed by atoms with van der Waals surface area (Å²) >= 11 is 0. The van der Waals surface area contributed by atoms with Gasteiger partial charge in [-0.15, -0.1) is 0 Å². The van der Waals surface area contributed by atoms with E-state index in [1.54, 1.807) is 0 Å². The number of hydrogen-bond donors (Lipinski definition) is 1. The summed E-state index contributed by atoms with van der Waals surface area (Å²) in [6.07, 6.45) is 0. The standard InChI is InChI=1S/C14H23N/c1-10(2)15-13(5)12(4)14-8-6-7-11(3)9-14/h6-10,12-13,15H,1-5H3. The molecule has 0 heterocycles. The molecule has 1 rings (SSSR count). The summed E-state index contributed by atoms with van der Waals surface area (Å²) in [5.74, 6) is 0.562. The molecule has 0 spiro atoms. The minimum absolute atomic E-state index is 0.520. The summed E-state index contributed by atoms with van der Waals surface area (Å²) in [5, 5.41) is 3.56. The molecule has 15 heavy (non-hydrogen) atoms. The maximum atomic E-state index is 3.56. The van der Waals surface area contributed by atoms with Crippen LogP contribution in [0.25, 0.3) is 0 Å². The topological polar surface area (TPSA) is 12.0 Å². The Bertz CT molecular complexity index is 304. The summed E-state index contributed by atoms with van der Waals surface area (Å²) in [5.41, 5.74) is 2.77. The van der Waals surface area contributed by atoms with Crippen molar-refractivity contribution >= 4 is 0 Å². The van der Waals surface area contributed by atoms with E-state index in [0.717, 1.165) is 0 Å². The first-order valence-corrected chi connectivity index (χ1v) is 5.83. The molecule has 1 N–H and O–H groups in total. The van der Waals surface area contributed by atoms with Crippen LogP contribution >= 0.6 is 0 Å². The predicted octanol–water partition coefficient (Wildman–Crippen LogP) is 3.49. The summed E-state index contributed by atoms with van der Waals surface area (Å²) in [4.78, 5) is 0. The predicted molar refractivity (Wildman–Crippen MR) is 67.3 cm³/mol. The lowest BCUT2D eigenvalue weighted by Crippen LogP contribution is -2.36. The number of nitrogens with one attached hydrogen (secondary N) is 1. The highest BCUT2D eigenvalue weighted by atomic mass is 14.9. The molecule has 2 atom stereocenters.